The fourth-order valence-corrected chi connectivity index (χ4v) is 1.97. The third-order valence-corrected chi connectivity index (χ3v) is 3.10. The Morgan fingerprint density at radius 3 is 2.19 bits per heavy atom. The van der Waals surface area contributed by atoms with E-state index in [0.717, 1.165) is 11.5 Å². The van der Waals surface area contributed by atoms with E-state index in [9.17, 15) is 0 Å². The van der Waals surface area contributed by atoms with E-state index in [-0.39, 0.29) is 0 Å². The van der Waals surface area contributed by atoms with E-state index in [1.807, 2.05) is 12.1 Å². The highest BCUT2D eigenvalue weighted by molar-refractivity contribution is 5.33. The van der Waals surface area contributed by atoms with E-state index in [0.29, 0.717) is 5.92 Å². The van der Waals surface area contributed by atoms with E-state index in [2.05, 4.69) is 39.0 Å². The molecule has 0 amide bonds. The van der Waals surface area contributed by atoms with Crippen LogP contribution in [0.1, 0.15) is 57.1 Å². The Kier molecular flexibility index (Phi) is 5.05. The van der Waals surface area contributed by atoms with Crippen molar-refractivity contribution in [3.63, 3.8) is 0 Å². The third kappa shape index (κ3) is 3.70. The minimum atomic E-state index is 0.648. The summed E-state index contributed by atoms with van der Waals surface area (Å²) in [4.78, 5) is 0. The van der Waals surface area contributed by atoms with Crippen LogP contribution in [-0.2, 0) is 0 Å². The van der Waals surface area contributed by atoms with Crippen LogP contribution < -0.4 is 0 Å². The Morgan fingerprint density at radius 2 is 1.75 bits per heavy atom. The highest BCUT2D eigenvalue weighted by Crippen LogP contribution is 2.26. The predicted molar refractivity (Wildman–Crippen MR) is 68.3 cm³/mol. The van der Waals surface area contributed by atoms with Crippen molar-refractivity contribution in [2.24, 2.45) is 5.92 Å². The van der Waals surface area contributed by atoms with E-state index in [1.165, 1.54) is 24.8 Å². The number of hydrogen-bond acceptors (Lipinski definition) is 1. The van der Waals surface area contributed by atoms with Crippen LogP contribution in [0.2, 0.25) is 0 Å². The Balaban J connectivity index is 2.68. The van der Waals surface area contributed by atoms with Gasteiger partial charge in [-0.25, -0.2) is 0 Å². The van der Waals surface area contributed by atoms with Gasteiger partial charge in [0.1, 0.15) is 0 Å². The third-order valence-electron chi connectivity index (χ3n) is 3.10. The molecule has 0 bridgehead atoms. The molecular weight excluding hydrogens is 194 g/mol. The molecule has 1 unspecified atom stereocenters. The molecule has 0 saturated carbocycles. The van der Waals surface area contributed by atoms with Crippen LogP contribution in [0.25, 0.3) is 0 Å². The zero-order valence-corrected chi connectivity index (χ0v) is 10.5. The second kappa shape index (κ2) is 6.33. The summed E-state index contributed by atoms with van der Waals surface area (Å²) in [5.74, 6) is 1.42. The molecule has 1 rings (SSSR count). The zero-order chi connectivity index (χ0) is 12.0. The average molecular weight is 215 g/mol. The van der Waals surface area contributed by atoms with E-state index in [1.54, 1.807) is 0 Å². The summed E-state index contributed by atoms with van der Waals surface area (Å²) >= 11 is 0. The van der Waals surface area contributed by atoms with Crippen molar-refractivity contribution in [2.75, 3.05) is 0 Å². The monoisotopic (exact) mass is 215 g/mol. The number of rotatable bonds is 5. The van der Waals surface area contributed by atoms with Gasteiger partial charge in [-0.3, -0.25) is 0 Å². The molecule has 1 atom stereocenters. The first-order valence-electron chi connectivity index (χ1n) is 6.17. The van der Waals surface area contributed by atoms with Crippen molar-refractivity contribution in [1.29, 1.82) is 5.26 Å². The predicted octanol–water partition coefficient (Wildman–Crippen LogP) is 4.49. The lowest BCUT2D eigenvalue weighted by molar-refractivity contribution is 0.492. The van der Waals surface area contributed by atoms with Gasteiger partial charge in [0, 0.05) is 0 Å². The van der Waals surface area contributed by atoms with Crippen molar-refractivity contribution in [3.8, 4) is 6.07 Å². The van der Waals surface area contributed by atoms with Crippen molar-refractivity contribution in [1.82, 2.24) is 0 Å². The molecule has 0 aliphatic carbocycles. The van der Waals surface area contributed by atoms with Crippen molar-refractivity contribution >= 4 is 0 Å². The smallest absolute Gasteiger partial charge is 0.0991 e. The van der Waals surface area contributed by atoms with E-state index < -0.39 is 0 Å². The summed E-state index contributed by atoms with van der Waals surface area (Å²) in [6, 6.07) is 10.2. The molecule has 16 heavy (non-hydrogen) atoms. The average Bonchev–Trinajstić information content (AvgIpc) is 2.30. The molecule has 1 aromatic carbocycles. The summed E-state index contributed by atoms with van der Waals surface area (Å²) < 4.78 is 0. The molecule has 1 nitrogen and oxygen atoms in total. The molecule has 86 valence electrons. The van der Waals surface area contributed by atoms with Gasteiger partial charge in [-0.05, 0) is 42.4 Å². The first-order chi connectivity index (χ1) is 7.67. The zero-order valence-electron chi connectivity index (χ0n) is 10.5. The van der Waals surface area contributed by atoms with Gasteiger partial charge in [-0.2, -0.15) is 5.26 Å². The van der Waals surface area contributed by atoms with E-state index >= 15 is 0 Å². The number of nitrogens with zero attached hydrogens (tertiary/aromatic N) is 1. The minimum Gasteiger partial charge on any atom is -0.192 e. The van der Waals surface area contributed by atoms with Crippen LogP contribution >= 0.6 is 0 Å². The van der Waals surface area contributed by atoms with Gasteiger partial charge in [-0.1, -0.05) is 39.3 Å². The quantitative estimate of drug-likeness (QED) is 0.710. The lowest BCUT2D eigenvalue weighted by atomic mass is 9.89. The SMILES string of the molecule is CCC(CCC(C)C)c1ccc(C#N)cc1. The van der Waals surface area contributed by atoms with Crippen molar-refractivity contribution in [2.45, 2.75) is 46.0 Å². The van der Waals surface area contributed by atoms with Gasteiger partial charge in [0.15, 0.2) is 0 Å². The molecule has 1 heteroatoms. The van der Waals surface area contributed by atoms with Crippen molar-refractivity contribution < 1.29 is 0 Å². The van der Waals surface area contributed by atoms with Crippen LogP contribution in [0.15, 0.2) is 24.3 Å². The fraction of sp³-hybridized carbons (Fsp3) is 0.533. The second-order valence-corrected chi connectivity index (χ2v) is 4.81. The molecule has 0 aliphatic rings. The van der Waals surface area contributed by atoms with Gasteiger partial charge in [0.2, 0.25) is 0 Å². The molecule has 1 aromatic rings. The summed E-state index contributed by atoms with van der Waals surface area (Å²) in [6.45, 7) is 6.78. The maximum absolute atomic E-state index is 8.75. The first-order valence-corrected chi connectivity index (χ1v) is 6.17. The summed E-state index contributed by atoms with van der Waals surface area (Å²) in [7, 11) is 0. The summed E-state index contributed by atoms with van der Waals surface area (Å²) in [5.41, 5.74) is 2.13. The second-order valence-electron chi connectivity index (χ2n) is 4.81. The van der Waals surface area contributed by atoms with Gasteiger partial charge in [0.25, 0.3) is 0 Å². The maximum Gasteiger partial charge on any atom is 0.0991 e. The lowest BCUT2D eigenvalue weighted by Crippen LogP contribution is -2.00. The van der Waals surface area contributed by atoms with Gasteiger partial charge >= 0.3 is 0 Å². The normalized spacial score (nSPS) is 12.4. The molecule has 0 fully saturated rings. The van der Waals surface area contributed by atoms with E-state index in [4.69, 9.17) is 5.26 Å². The molecule has 0 aliphatic heterocycles. The van der Waals surface area contributed by atoms with Gasteiger partial charge < -0.3 is 0 Å². The largest absolute Gasteiger partial charge is 0.192 e. The van der Waals surface area contributed by atoms with Crippen LogP contribution in [0.3, 0.4) is 0 Å². The number of benzene rings is 1. The summed E-state index contributed by atoms with van der Waals surface area (Å²) in [5, 5.41) is 8.75. The van der Waals surface area contributed by atoms with Crippen LogP contribution in [0.5, 0.6) is 0 Å². The summed E-state index contributed by atoms with van der Waals surface area (Å²) in [6.07, 6.45) is 3.71. The molecule has 0 saturated heterocycles. The highest BCUT2D eigenvalue weighted by Gasteiger charge is 2.09. The Labute approximate surface area is 99.1 Å². The Morgan fingerprint density at radius 1 is 1.12 bits per heavy atom. The highest BCUT2D eigenvalue weighted by atomic mass is 14.2. The Hall–Kier alpha value is -1.29. The maximum atomic E-state index is 8.75. The molecular formula is C15H21N. The van der Waals surface area contributed by atoms with Crippen LogP contribution in [0, 0.1) is 17.2 Å². The molecule has 0 spiro atoms. The number of hydrogen-bond donors (Lipinski definition) is 0. The first kappa shape index (κ1) is 12.8. The fourth-order valence-electron chi connectivity index (χ4n) is 1.97. The Bertz CT molecular complexity index is 343. The lowest BCUT2D eigenvalue weighted by Gasteiger charge is -2.16. The van der Waals surface area contributed by atoms with Crippen LogP contribution in [0.4, 0.5) is 0 Å². The standard InChI is InChI=1S/C15H21N/c1-4-14(8-5-12(2)3)15-9-6-13(11-16)7-10-15/h6-7,9-10,12,14H,4-5,8H2,1-3H3. The molecule has 0 N–H and O–H groups in total. The minimum absolute atomic E-state index is 0.648. The van der Waals surface area contributed by atoms with Gasteiger partial charge in [-0.15, -0.1) is 0 Å². The van der Waals surface area contributed by atoms with Crippen LogP contribution in [-0.4, -0.2) is 0 Å². The number of nitriles is 1. The van der Waals surface area contributed by atoms with Crippen molar-refractivity contribution in [3.05, 3.63) is 35.4 Å². The van der Waals surface area contributed by atoms with Gasteiger partial charge in [0.05, 0.1) is 11.6 Å². The molecule has 0 aromatic heterocycles. The molecule has 0 heterocycles. The molecule has 0 radical (unpaired) electrons. The topological polar surface area (TPSA) is 23.8 Å².